The first-order chi connectivity index (χ1) is 9.17. The van der Waals surface area contributed by atoms with E-state index in [0.717, 1.165) is 12.8 Å². The van der Waals surface area contributed by atoms with Crippen LogP contribution in [0.15, 0.2) is 12.4 Å². The second kappa shape index (κ2) is 8.03. The first kappa shape index (κ1) is 14.9. The van der Waals surface area contributed by atoms with E-state index in [9.17, 15) is 4.79 Å². The SMILES string of the molecule is CCC(CCNc1nccnc1C#N)CCC(=O)O. The molecule has 1 atom stereocenters. The van der Waals surface area contributed by atoms with Crippen molar-refractivity contribution in [3.8, 4) is 6.07 Å². The molecule has 0 spiro atoms. The van der Waals surface area contributed by atoms with Gasteiger partial charge in [-0.2, -0.15) is 5.26 Å². The molecule has 0 saturated heterocycles. The lowest BCUT2D eigenvalue weighted by Gasteiger charge is -2.14. The van der Waals surface area contributed by atoms with Crippen molar-refractivity contribution < 1.29 is 9.90 Å². The summed E-state index contributed by atoms with van der Waals surface area (Å²) in [6, 6.07) is 1.97. The highest BCUT2D eigenvalue weighted by Crippen LogP contribution is 2.16. The van der Waals surface area contributed by atoms with Gasteiger partial charge in [-0.25, -0.2) is 9.97 Å². The number of carboxylic acids is 1. The number of nitriles is 1. The number of rotatable bonds is 8. The van der Waals surface area contributed by atoms with E-state index in [2.05, 4.69) is 22.2 Å². The van der Waals surface area contributed by atoms with E-state index in [4.69, 9.17) is 10.4 Å². The van der Waals surface area contributed by atoms with E-state index in [0.29, 0.717) is 24.7 Å². The van der Waals surface area contributed by atoms with Gasteiger partial charge >= 0.3 is 5.97 Å². The van der Waals surface area contributed by atoms with Crippen molar-refractivity contribution in [3.05, 3.63) is 18.1 Å². The highest BCUT2D eigenvalue weighted by Gasteiger charge is 2.09. The Hall–Kier alpha value is -2.16. The van der Waals surface area contributed by atoms with Crippen molar-refractivity contribution in [3.63, 3.8) is 0 Å². The van der Waals surface area contributed by atoms with E-state index in [-0.39, 0.29) is 12.1 Å². The maximum absolute atomic E-state index is 10.5. The summed E-state index contributed by atoms with van der Waals surface area (Å²) in [6.45, 7) is 2.71. The molecular weight excluding hydrogens is 244 g/mol. The average molecular weight is 262 g/mol. The molecule has 1 aromatic rings. The van der Waals surface area contributed by atoms with Crippen LogP contribution in [0.5, 0.6) is 0 Å². The zero-order valence-electron chi connectivity index (χ0n) is 11.0. The lowest BCUT2D eigenvalue weighted by atomic mass is 9.97. The summed E-state index contributed by atoms with van der Waals surface area (Å²) in [5, 5.41) is 20.6. The number of nitrogens with one attached hydrogen (secondary N) is 1. The smallest absolute Gasteiger partial charge is 0.303 e. The number of hydrogen-bond donors (Lipinski definition) is 2. The number of carbonyl (C=O) groups is 1. The molecule has 6 nitrogen and oxygen atoms in total. The molecule has 0 aliphatic rings. The molecule has 0 aliphatic heterocycles. The molecule has 1 aromatic heterocycles. The van der Waals surface area contributed by atoms with Gasteiger partial charge in [-0.1, -0.05) is 13.3 Å². The molecule has 19 heavy (non-hydrogen) atoms. The molecule has 0 radical (unpaired) electrons. The summed E-state index contributed by atoms with van der Waals surface area (Å²) in [4.78, 5) is 18.5. The van der Waals surface area contributed by atoms with Gasteiger partial charge in [-0.15, -0.1) is 0 Å². The van der Waals surface area contributed by atoms with Gasteiger partial charge in [0, 0.05) is 25.4 Å². The largest absolute Gasteiger partial charge is 0.481 e. The Labute approximate surface area is 112 Å². The van der Waals surface area contributed by atoms with Crippen LogP contribution < -0.4 is 5.32 Å². The molecule has 1 unspecified atom stereocenters. The number of anilines is 1. The predicted octanol–water partition coefficient (Wildman–Crippen LogP) is 2.04. The Morgan fingerprint density at radius 1 is 1.47 bits per heavy atom. The van der Waals surface area contributed by atoms with Crippen LogP contribution >= 0.6 is 0 Å². The van der Waals surface area contributed by atoms with Crippen molar-refractivity contribution in [2.24, 2.45) is 5.92 Å². The van der Waals surface area contributed by atoms with Crippen LogP contribution in [0.3, 0.4) is 0 Å². The first-order valence-electron chi connectivity index (χ1n) is 6.34. The Balaban J connectivity index is 2.40. The molecule has 1 heterocycles. The van der Waals surface area contributed by atoms with Gasteiger partial charge in [0.2, 0.25) is 0 Å². The normalized spacial score (nSPS) is 11.6. The number of hydrogen-bond acceptors (Lipinski definition) is 5. The number of nitrogens with zero attached hydrogens (tertiary/aromatic N) is 3. The predicted molar refractivity (Wildman–Crippen MR) is 70.5 cm³/mol. The summed E-state index contributed by atoms with van der Waals surface area (Å²) < 4.78 is 0. The second-order valence-corrected chi connectivity index (χ2v) is 4.29. The lowest BCUT2D eigenvalue weighted by Crippen LogP contribution is -2.12. The van der Waals surface area contributed by atoms with Gasteiger partial charge < -0.3 is 10.4 Å². The van der Waals surface area contributed by atoms with Gasteiger partial charge in [0.25, 0.3) is 0 Å². The van der Waals surface area contributed by atoms with Crippen molar-refractivity contribution in [1.29, 1.82) is 5.26 Å². The molecule has 0 bridgehead atoms. The average Bonchev–Trinajstić information content (AvgIpc) is 2.42. The van der Waals surface area contributed by atoms with Gasteiger partial charge in [0.15, 0.2) is 11.5 Å². The minimum atomic E-state index is -0.757. The second-order valence-electron chi connectivity index (χ2n) is 4.29. The number of aromatic nitrogens is 2. The summed E-state index contributed by atoms with van der Waals surface area (Å²) in [5.74, 6) is 0.0935. The fourth-order valence-electron chi connectivity index (χ4n) is 1.82. The monoisotopic (exact) mass is 262 g/mol. The Morgan fingerprint density at radius 2 is 2.21 bits per heavy atom. The van der Waals surface area contributed by atoms with Gasteiger partial charge in [-0.3, -0.25) is 4.79 Å². The fourth-order valence-corrected chi connectivity index (χ4v) is 1.82. The van der Waals surface area contributed by atoms with E-state index in [1.54, 1.807) is 0 Å². The molecule has 1 rings (SSSR count). The molecule has 2 N–H and O–H groups in total. The van der Waals surface area contributed by atoms with Gasteiger partial charge in [-0.05, 0) is 18.8 Å². The molecule has 0 fully saturated rings. The van der Waals surface area contributed by atoms with Crippen molar-refractivity contribution in [2.45, 2.75) is 32.6 Å². The van der Waals surface area contributed by atoms with Crippen molar-refractivity contribution in [2.75, 3.05) is 11.9 Å². The number of carboxylic acid groups (broad SMARTS) is 1. The van der Waals surface area contributed by atoms with Gasteiger partial charge in [0.1, 0.15) is 6.07 Å². The molecule has 0 amide bonds. The van der Waals surface area contributed by atoms with Crippen LogP contribution in [0, 0.1) is 17.2 Å². The zero-order chi connectivity index (χ0) is 14.1. The summed E-state index contributed by atoms with van der Waals surface area (Å²) in [7, 11) is 0. The summed E-state index contributed by atoms with van der Waals surface area (Å²) in [6.07, 6.45) is 5.69. The maximum Gasteiger partial charge on any atom is 0.303 e. The molecule has 0 aliphatic carbocycles. The Morgan fingerprint density at radius 3 is 2.84 bits per heavy atom. The van der Waals surface area contributed by atoms with Crippen LogP contribution in [0.1, 0.15) is 38.3 Å². The quantitative estimate of drug-likeness (QED) is 0.743. The van der Waals surface area contributed by atoms with Crippen LogP contribution in [-0.4, -0.2) is 27.6 Å². The Kier molecular flexibility index (Phi) is 6.30. The highest BCUT2D eigenvalue weighted by molar-refractivity contribution is 5.66. The third-order valence-electron chi connectivity index (χ3n) is 2.99. The zero-order valence-corrected chi connectivity index (χ0v) is 11.0. The van der Waals surface area contributed by atoms with E-state index < -0.39 is 5.97 Å². The van der Waals surface area contributed by atoms with Gasteiger partial charge in [0.05, 0.1) is 0 Å². The first-order valence-corrected chi connectivity index (χ1v) is 6.34. The standard InChI is InChI=1S/C13H18N4O2/c1-2-10(3-4-12(18)19)5-6-16-13-11(9-14)15-7-8-17-13/h7-8,10H,2-6H2,1H3,(H,16,17)(H,18,19). The summed E-state index contributed by atoms with van der Waals surface area (Å²) in [5.41, 5.74) is 0.279. The molecule has 0 aromatic carbocycles. The molecule has 6 heteroatoms. The highest BCUT2D eigenvalue weighted by atomic mass is 16.4. The minimum Gasteiger partial charge on any atom is -0.481 e. The van der Waals surface area contributed by atoms with Crippen molar-refractivity contribution in [1.82, 2.24) is 9.97 Å². The summed E-state index contributed by atoms with van der Waals surface area (Å²) >= 11 is 0. The Bertz CT molecular complexity index is 456. The van der Waals surface area contributed by atoms with Crippen LogP contribution in [0.25, 0.3) is 0 Å². The van der Waals surface area contributed by atoms with Crippen LogP contribution in [0.2, 0.25) is 0 Å². The number of aliphatic carboxylic acids is 1. The third kappa shape index (κ3) is 5.34. The van der Waals surface area contributed by atoms with Crippen LogP contribution in [0.4, 0.5) is 5.82 Å². The van der Waals surface area contributed by atoms with E-state index in [1.807, 2.05) is 6.07 Å². The fraction of sp³-hybridized carbons (Fsp3) is 0.538. The van der Waals surface area contributed by atoms with E-state index >= 15 is 0 Å². The minimum absolute atomic E-state index is 0.201. The third-order valence-corrected chi connectivity index (χ3v) is 2.99. The van der Waals surface area contributed by atoms with E-state index in [1.165, 1.54) is 12.4 Å². The topological polar surface area (TPSA) is 98.9 Å². The molecule has 102 valence electrons. The lowest BCUT2D eigenvalue weighted by molar-refractivity contribution is -0.137. The van der Waals surface area contributed by atoms with Crippen molar-refractivity contribution >= 4 is 11.8 Å². The molecular formula is C13H18N4O2. The molecule has 0 saturated carbocycles. The maximum atomic E-state index is 10.5. The van der Waals surface area contributed by atoms with Crippen LogP contribution in [-0.2, 0) is 4.79 Å².